The zero-order chi connectivity index (χ0) is 18.1. The summed E-state index contributed by atoms with van der Waals surface area (Å²) in [5.74, 6) is 0.502. The summed E-state index contributed by atoms with van der Waals surface area (Å²) in [4.78, 5) is 4.72. The zero-order valence-corrected chi connectivity index (χ0v) is 13.8. The number of fused-ring (bicyclic) bond motifs is 3. The Morgan fingerprint density at radius 3 is 2.33 bits per heavy atom. The van der Waals surface area contributed by atoms with Crippen molar-refractivity contribution in [3.8, 4) is 5.75 Å². The highest BCUT2D eigenvalue weighted by molar-refractivity contribution is 6.55. The first-order valence-corrected chi connectivity index (χ1v) is 7.38. The molecule has 2 heterocycles. The third kappa shape index (κ3) is 2.25. The molecule has 104 valence electrons. The van der Waals surface area contributed by atoms with E-state index in [-0.39, 0.29) is 6.54 Å². The van der Waals surface area contributed by atoms with Gasteiger partial charge in [-0.05, 0) is 24.4 Å². The molecule has 0 unspecified atom stereocenters. The Balaban J connectivity index is 2.43. The number of methoxy groups -OCH3 is 1. The minimum Gasteiger partial charge on any atom is -0.497 e. The lowest BCUT2D eigenvalue weighted by Crippen LogP contribution is -2.63. The van der Waals surface area contributed by atoms with Gasteiger partial charge in [-0.15, -0.1) is 0 Å². The smallest absolute Gasteiger partial charge is 0.119 e. The number of hydrogen-bond acceptors (Lipinski definition) is 2. The monoisotopic (exact) mass is 300 g/mol. The molecule has 0 amide bonds. The molecule has 3 nitrogen and oxygen atoms in total. The topological polar surface area (TPSA) is 28.3 Å². The second kappa shape index (κ2) is 5.23. The van der Waals surface area contributed by atoms with Crippen LogP contribution in [-0.2, 0) is 10.4 Å². The van der Waals surface area contributed by atoms with Gasteiger partial charge < -0.3 is 14.6 Å². The fourth-order valence-corrected chi connectivity index (χ4v) is 3.31. The number of hydrogen-bond donors (Lipinski definition) is 1. The van der Waals surface area contributed by atoms with Gasteiger partial charge in [0, 0.05) is 22.7 Å². The van der Waals surface area contributed by atoms with Crippen LogP contribution in [0.15, 0.2) is 12.1 Å². The van der Waals surface area contributed by atoms with Crippen LogP contribution in [0.5, 0.6) is 5.75 Å². The molecule has 1 aliphatic heterocycles. The highest BCUT2D eigenvalue weighted by Crippen LogP contribution is 2.43. The summed E-state index contributed by atoms with van der Waals surface area (Å²) in [6.07, 6.45) is 0. The van der Waals surface area contributed by atoms with Gasteiger partial charge in [-0.25, -0.2) is 0 Å². The van der Waals surface area contributed by atoms with Crippen LogP contribution in [0.2, 0.25) is 0 Å². The van der Waals surface area contributed by atoms with Gasteiger partial charge in [-0.2, -0.15) is 0 Å². The molecule has 3 rings (SSSR count). The van der Waals surface area contributed by atoms with Crippen molar-refractivity contribution in [1.29, 1.82) is 0 Å². The summed E-state index contributed by atoms with van der Waals surface area (Å²) in [7, 11) is 47.1. The largest absolute Gasteiger partial charge is 0.497 e. The number of H-pyrrole nitrogens is 1. The van der Waals surface area contributed by atoms with Crippen molar-refractivity contribution in [3.63, 3.8) is 0 Å². The summed E-state index contributed by atoms with van der Waals surface area (Å²) in [5.41, 5.74) is 1.98. The lowest BCUT2D eigenvalue weighted by molar-refractivity contribution is 0.257. The summed E-state index contributed by atoms with van der Waals surface area (Å²) in [6, 6.07) is 3.42. The number of ether oxygens (including phenoxy) is 1. The van der Waals surface area contributed by atoms with Crippen molar-refractivity contribution in [2.45, 2.75) is 15.8 Å². The average Bonchev–Trinajstić information content (AvgIpc) is 2.83. The van der Waals surface area contributed by atoms with E-state index in [1.807, 2.05) is 0 Å². The van der Waals surface area contributed by atoms with E-state index in [0.29, 0.717) is 33.4 Å². The van der Waals surface area contributed by atoms with E-state index in [1.165, 1.54) is 7.11 Å². The summed E-state index contributed by atoms with van der Waals surface area (Å²) in [5, 5.41) is -3.89. The predicted octanol–water partition coefficient (Wildman–Crippen LogP) is -2.11. The van der Waals surface area contributed by atoms with Crippen LogP contribution in [-0.4, -0.2) is 90.8 Å². The molecule has 2 aromatic rings. The Labute approximate surface area is 151 Å². The van der Waals surface area contributed by atoms with Gasteiger partial charge in [0.2, 0.25) is 0 Å². The van der Waals surface area contributed by atoms with Crippen LogP contribution >= 0.6 is 0 Å². The number of nitrogens with zero attached hydrogens (tertiary/aromatic N) is 1. The standard InChI is InChI=1S/C14H11B7N2O/c1-23-5-12(16,17)11-10(13(18,19)14(23,20)21)6-3-7(15)9(24-2)4-8(6)22-11/h3-4,22H,5H2,1-2H3. The summed E-state index contributed by atoms with van der Waals surface area (Å²) >= 11 is 0. The highest BCUT2D eigenvalue weighted by atomic mass is 16.5. The molecular formula is C14H11B7N2O. The first-order chi connectivity index (χ1) is 10.9. The predicted molar refractivity (Wildman–Crippen MR) is 103 cm³/mol. The van der Waals surface area contributed by atoms with Gasteiger partial charge >= 0.3 is 0 Å². The molecule has 0 aliphatic carbocycles. The number of nitrogens with one attached hydrogen (secondary N) is 1. The Morgan fingerprint density at radius 2 is 1.75 bits per heavy atom. The van der Waals surface area contributed by atoms with Crippen LogP contribution in [0.3, 0.4) is 0 Å². The number of benzene rings is 1. The molecule has 1 aliphatic rings. The van der Waals surface area contributed by atoms with E-state index in [0.717, 1.165) is 0 Å². The second-order valence-corrected chi connectivity index (χ2v) is 6.61. The van der Waals surface area contributed by atoms with E-state index in [1.54, 1.807) is 24.1 Å². The van der Waals surface area contributed by atoms with E-state index < -0.39 is 15.8 Å². The first kappa shape index (κ1) is 17.8. The fourth-order valence-electron chi connectivity index (χ4n) is 3.31. The minimum atomic E-state index is -1.64. The maximum atomic E-state index is 6.39. The second-order valence-electron chi connectivity index (χ2n) is 6.61. The van der Waals surface area contributed by atoms with Crippen molar-refractivity contribution in [2.75, 3.05) is 20.7 Å². The SMILES string of the molecule is [B]c1cc2c3c([nH]c2cc1OC)C([B])([B])CN(C)C([B])([B])C3([B])[B]. The van der Waals surface area contributed by atoms with Crippen LogP contribution in [0.1, 0.15) is 11.3 Å². The van der Waals surface area contributed by atoms with Crippen LogP contribution in [0.25, 0.3) is 10.9 Å². The van der Waals surface area contributed by atoms with Crippen LogP contribution in [0, 0.1) is 0 Å². The number of likely N-dealkylation sites (N-methyl/N-ethyl adjacent to an activating group) is 1. The maximum Gasteiger partial charge on any atom is 0.119 e. The van der Waals surface area contributed by atoms with Crippen LogP contribution in [0.4, 0.5) is 0 Å². The average molecular weight is 299 g/mol. The fraction of sp³-hybridized carbons (Fsp3) is 0.429. The number of aromatic amines is 1. The van der Waals surface area contributed by atoms with Crippen molar-refractivity contribution >= 4 is 71.3 Å². The van der Waals surface area contributed by atoms with Gasteiger partial charge in [-0.3, -0.25) is 0 Å². The zero-order valence-electron chi connectivity index (χ0n) is 13.8. The third-order valence-corrected chi connectivity index (χ3v) is 4.82. The molecule has 0 saturated carbocycles. The highest BCUT2D eigenvalue weighted by Gasteiger charge is 2.47. The van der Waals surface area contributed by atoms with Crippen molar-refractivity contribution in [3.05, 3.63) is 23.4 Å². The molecule has 24 heavy (non-hydrogen) atoms. The third-order valence-electron chi connectivity index (χ3n) is 4.82. The molecule has 0 bridgehead atoms. The van der Waals surface area contributed by atoms with Crippen molar-refractivity contribution in [1.82, 2.24) is 9.88 Å². The van der Waals surface area contributed by atoms with Gasteiger partial charge in [0.05, 0.1) is 54.2 Å². The van der Waals surface area contributed by atoms with Crippen molar-refractivity contribution < 1.29 is 4.74 Å². The maximum absolute atomic E-state index is 6.39. The molecule has 0 fully saturated rings. The Hall–Kier alpha value is -1.03. The molecule has 10 heteroatoms. The Bertz CT molecular complexity index is 815. The molecule has 1 aromatic heterocycles. The molecule has 14 radical (unpaired) electrons. The quantitative estimate of drug-likeness (QED) is 0.610. The van der Waals surface area contributed by atoms with E-state index >= 15 is 0 Å². The summed E-state index contributed by atoms with van der Waals surface area (Å²) < 4.78 is 5.24. The lowest BCUT2D eigenvalue weighted by Gasteiger charge is -2.50. The van der Waals surface area contributed by atoms with E-state index in [4.69, 9.17) is 59.7 Å². The van der Waals surface area contributed by atoms with Gasteiger partial charge in [0.15, 0.2) is 0 Å². The van der Waals surface area contributed by atoms with Gasteiger partial charge in [-0.1, -0.05) is 22.1 Å². The van der Waals surface area contributed by atoms with Crippen molar-refractivity contribution in [2.24, 2.45) is 0 Å². The molecule has 0 saturated heterocycles. The van der Waals surface area contributed by atoms with Gasteiger partial charge in [0.1, 0.15) is 13.6 Å². The lowest BCUT2D eigenvalue weighted by atomic mass is 9.31. The van der Waals surface area contributed by atoms with Gasteiger partial charge in [0.25, 0.3) is 0 Å². The summed E-state index contributed by atoms with van der Waals surface area (Å²) in [6.45, 7) is 0.141. The van der Waals surface area contributed by atoms with E-state index in [9.17, 15) is 0 Å². The van der Waals surface area contributed by atoms with Crippen LogP contribution < -0.4 is 10.2 Å². The Kier molecular flexibility index (Phi) is 3.88. The molecule has 0 spiro atoms. The molecule has 1 N–H and O–H groups in total. The minimum absolute atomic E-state index is 0.141. The number of aromatic nitrogens is 1. The Morgan fingerprint density at radius 1 is 1.12 bits per heavy atom. The number of rotatable bonds is 1. The van der Waals surface area contributed by atoms with E-state index in [2.05, 4.69) is 4.98 Å². The molecular weight excluding hydrogens is 288 g/mol. The molecule has 0 atom stereocenters. The normalized spacial score (nSPS) is 21.9. The first-order valence-electron chi connectivity index (χ1n) is 7.38. The molecule has 1 aromatic carbocycles.